The highest BCUT2D eigenvalue weighted by Crippen LogP contribution is 2.32. The van der Waals surface area contributed by atoms with Crippen LogP contribution in [0.2, 0.25) is 5.02 Å². The van der Waals surface area contributed by atoms with Crippen LogP contribution in [0.1, 0.15) is 15.9 Å². The number of anilines is 1. The van der Waals surface area contributed by atoms with Gasteiger partial charge in [-0.05, 0) is 22.6 Å². The molecule has 0 spiro atoms. The molecule has 1 amide bonds. The Balaban J connectivity index is 1.80. The number of hydrogen-bond acceptors (Lipinski definition) is 5. The Morgan fingerprint density at radius 1 is 1.35 bits per heavy atom. The predicted molar refractivity (Wildman–Crippen MR) is 71.2 cm³/mol. The minimum absolute atomic E-state index is 0.184. The van der Waals surface area contributed by atoms with E-state index in [2.05, 4.69) is 15.5 Å². The van der Waals surface area contributed by atoms with E-state index in [4.69, 9.17) is 17.3 Å². The molecule has 0 bridgehead atoms. The van der Waals surface area contributed by atoms with Gasteiger partial charge in [-0.25, -0.2) is 9.89 Å². The normalized spacial score (nSPS) is 13.8. The Morgan fingerprint density at radius 2 is 2.15 bits per heavy atom. The maximum Gasteiger partial charge on any atom is 0.361 e. The van der Waals surface area contributed by atoms with Crippen LogP contribution in [0.4, 0.5) is 5.69 Å². The molecule has 8 nitrogen and oxygen atoms in total. The van der Waals surface area contributed by atoms with Crippen molar-refractivity contribution >= 4 is 23.2 Å². The lowest BCUT2D eigenvalue weighted by atomic mass is 10.1. The quantitative estimate of drug-likeness (QED) is 0.766. The molecule has 0 aliphatic carbocycles. The summed E-state index contributed by atoms with van der Waals surface area (Å²) in [5.41, 5.74) is 7.00. The lowest BCUT2D eigenvalue weighted by Gasteiger charge is -2.14. The van der Waals surface area contributed by atoms with Crippen molar-refractivity contribution in [1.29, 1.82) is 0 Å². The smallest absolute Gasteiger partial charge is 0.361 e. The highest BCUT2D eigenvalue weighted by atomic mass is 35.5. The van der Waals surface area contributed by atoms with E-state index in [-0.39, 0.29) is 12.5 Å². The standard InChI is InChI=1S/C11H11ClN6O2/c12-7-1-2-8(13)9-6(7)5-17(10(9)19)3-4-18-11(20)14-15-16-18/h1-2H,3-5,13H2,(H,14,16,20). The maximum atomic E-state index is 12.3. The first-order valence-electron chi connectivity index (χ1n) is 5.92. The topological polar surface area (TPSA) is 110 Å². The number of nitrogens with zero attached hydrogens (tertiary/aromatic N) is 4. The van der Waals surface area contributed by atoms with Crippen LogP contribution in [0.15, 0.2) is 16.9 Å². The molecular weight excluding hydrogens is 284 g/mol. The van der Waals surface area contributed by atoms with Crippen molar-refractivity contribution in [2.45, 2.75) is 13.1 Å². The van der Waals surface area contributed by atoms with Crippen molar-refractivity contribution in [3.8, 4) is 0 Å². The van der Waals surface area contributed by atoms with E-state index < -0.39 is 5.69 Å². The van der Waals surface area contributed by atoms with Crippen LogP contribution >= 0.6 is 11.6 Å². The number of tetrazole rings is 1. The van der Waals surface area contributed by atoms with E-state index in [0.29, 0.717) is 29.4 Å². The number of halogens is 1. The van der Waals surface area contributed by atoms with Gasteiger partial charge in [0, 0.05) is 29.4 Å². The third kappa shape index (κ3) is 1.94. The van der Waals surface area contributed by atoms with Crippen LogP contribution in [-0.2, 0) is 13.1 Å². The van der Waals surface area contributed by atoms with Gasteiger partial charge in [0.15, 0.2) is 0 Å². The van der Waals surface area contributed by atoms with Crippen molar-refractivity contribution in [3.05, 3.63) is 38.8 Å². The molecule has 0 atom stereocenters. The summed E-state index contributed by atoms with van der Waals surface area (Å²) in [6.07, 6.45) is 0. The van der Waals surface area contributed by atoms with Crippen molar-refractivity contribution in [2.24, 2.45) is 0 Å². The summed E-state index contributed by atoms with van der Waals surface area (Å²) in [5, 5.41) is 9.69. The fraction of sp³-hybridized carbons (Fsp3) is 0.273. The second kappa shape index (κ2) is 4.64. The van der Waals surface area contributed by atoms with Gasteiger partial charge in [-0.3, -0.25) is 4.79 Å². The molecule has 2 heterocycles. The van der Waals surface area contributed by atoms with Gasteiger partial charge < -0.3 is 10.6 Å². The number of H-pyrrole nitrogens is 1. The molecule has 1 aromatic heterocycles. The molecule has 0 radical (unpaired) electrons. The third-order valence-electron chi connectivity index (χ3n) is 3.25. The van der Waals surface area contributed by atoms with E-state index >= 15 is 0 Å². The second-order valence-corrected chi connectivity index (χ2v) is 4.85. The number of aromatic nitrogens is 4. The number of carbonyl (C=O) groups excluding carboxylic acids is 1. The van der Waals surface area contributed by atoms with Gasteiger partial charge in [-0.15, -0.1) is 0 Å². The minimum atomic E-state index is -0.410. The Kier molecular flexibility index (Phi) is 2.94. The number of fused-ring (bicyclic) bond motifs is 1. The first kappa shape index (κ1) is 12.7. The molecule has 20 heavy (non-hydrogen) atoms. The molecule has 3 rings (SSSR count). The van der Waals surface area contributed by atoms with Crippen LogP contribution in [-0.4, -0.2) is 37.6 Å². The van der Waals surface area contributed by atoms with Crippen molar-refractivity contribution in [3.63, 3.8) is 0 Å². The van der Waals surface area contributed by atoms with Crippen LogP contribution in [0.3, 0.4) is 0 Å². The van der Waals surface area contributed by atoms with Gasteiger partial charge in [0.1, 0.15) is 0 Å². The third-order valence-corrected chi connectivity index (χ3v) is 3.61. The van der Waals surface area contributed by atoms with E-state index in [9.17, 15) is 9.59 Å². The number of rotatable bonds is 3. The highest BCUT2D eigenvalue weighted by Gasteiger charge is 2.31. The Bertz CT molecular complexity index is 737. The van der Waals surface area contributed by atoms with Gasteiger partial charge in [-0.2, -0.15) is 4.68 Å². The average Bonchev–Trinajstić information content (AvgIpc) is 2.97. The van der Waals surface area contributed by atoms with Gasteiger partial charge in [-0.1, -0.05) is 11.6 Å². The predicted octanol–water partition coefficient (Wildman–Crippen LogP) is -0.142. The largest absolute Gasteiger partial charge is 0.398 e. The molecule has 0 unspecified atom stereocenters. The van der Waals surface area contributed by atoms with Crippen molar-refractivity contribution in [2.75, 3.05) is 12.3 Å². The molecule has 104 valence electrons. The number of amides is 1. The van der Waals surface area contributed by atoms with Crippen molar-refractivity contribution in [1.82, 2.24) is 25.1 Å². The first-order chi connectivity index (χ1) is 9.58. The molecule has 9 heteroatoms. The van der Waals surface area contributed by atoms with Crippen LogP contribution in [0.5, 0.6) is 0 Å². The summed E-state index contributed by atoms with van der Waals surface area (Å²) in [6, 6.07) is 3.29. The van der Waals surface area contributed by atoms with Crippen LogP contribution in [0.25, 0.3) is 0 Å². The lowest BCUT2D eigenvalue weighted by Crippen LogP contribution is -2.31. The zero-order chi connectivity index (χ0) is 14.3. The van der Waals surface area contributed by atoms with Crippen molar-refractivity contribution < 1.29 is 4.79 Å². The van der Waals surface area contributed by atoms with Gasteiger partial charge in [0.2, 0.25) is 0 Å². The first-order valence-corrected chi connectivity index (χ1v) is 6.30. The number of nitrogens with two attached hydrogens (primary N) is 1. The SMILES string of the molecule is Nc1ccc(Cl)c2c1C(=O)N(CCn1nn[nH]c1=O)C2. The summed E-state index contributed by atoms with van der Waals surface area (Å²) in [4.78, 5) is 25.1. The Hall–Kier alpha value is -2.35. The molecular formula is C11H11ClN6O2. The maximum absolute atomic E-state index is 12.3. The van der Waals surface area contributed by atoms with E-state index in [0.717, 1.165) is 10.2 Å². The van der Waals surface area contributed by atoms with Crippen LogP contribution in [0, 0.1) is 0 Å². The minimum Gasteiger partial charge on any atom is -0.398 e. The molecule has 1 aliphatic heterocycles. The second-order valence-electron chi connectivity index (χ2n) is 4.45. The monoisotopic (exact) mass is 294 g/mol. The number of benzene rings is 1. The highest BCUT2D eigenvalue weighted by molar-refractivity contribution is 6.32. The van der Waals surface area contributed by atoms with Gasteiger partial charge in [0.05, 0.1) is 12.1 Å². The summed E-state index contributed by atoms with van der Waals surface area (Å²) < 4.78 is 1.15. The zero-order valence-corrected chi connectivity index (χ0v) is 11.1. The van der Waals surface area contributed by atoms with Gasteiger partial charge in [0.25, 0.3) is 5.91 Å². The number of hydrogen-bond donors (Lipinski definition) is 2. The molecule has 0 saturated carbocycles. The molecule has 2 aromatic rings. The molecule has 0 fully saturated rings. The van der Waals surface area contributed by atoms with E-state index in [1.807, 2.05) is 0 Å². The van der Waals surface area contributed by atoms with E-state index in [1.165, 1.54) is 0 Å². The average molecular weight is 295 g/mol. The Labute approximate surface area is 118 Å². The zero-order valence-electron chi connectivity index (χ0n) is 10.3. The number of nitrogens with one attached hydrogen (secondary N) is 1. The van der Waals surface area contributed by atoms with Gasteiger partial charge >= 0.3 is 5.69 Å². The molecule has 0 saturated heterocycles. The molecule has 1 aliphatic rings. The number of carbonyl (C=O) groups is 1. The fourth-order valence-corrected chi connectivity index (χ4v) is 2.45. The summed E-state index contributed by atoms with van der Waals surface area (Å²) in [5.74, 6) is -0.184. The fourth-order valence-electron chi connectivity index (χ4n) is 2.23. The number of nitrogen functional groups attached to an aromatic ring is 1. The van der Waals surface area contributed by atoms with Crippen LogP contribution < -0.4 is 11.4 Å². The summed E-state index contributed by atoms with van der Waals surface area (Å²) in [7, 11) is 0. The summed E-state index contributed by atoms with van der Waals surface area (Å²) in [6.45, 7) is 0.965. The lowest BCUT2D eigenvalue weighted by molar-refractivity contribution is 0.0771. The summed E-state index contributed by atoms with van der Waals surface area (Å²) >= 11 is 6.08. The molecule has 3 N–H and O–H groups in total. The van der Waals surface area contributed by atoms with E-state index in [1.54, 1.807) is 17.0 Å². The molecule has 1 aromatic carbocycles. The Morgan fingerprint density at radius 3 is 2.80 bits per heavy atom. The number of aromatic amines is 1.